The number of likely N-dealkylation sites (N-methyl/N-ethyl adjacent to an activating group) is 1. The maximum absolute atomic E-state index is 12.9. The number of hydrogen-bond donors (Lipinski definition) is 0. The fraction of sp³-hybridized carbons (Fsp3) is 0.545. The molecule has 8 heteroatoms. The summed E-state index contributed by atoms with van der Waals surface area (Å²) >= 11 is 1.23. The number of carbonyl (C=O) groups is 1. The molecule has 0 aliphatic carbocycles. The molecule has 1 fully saturated rings. The first-order valence-corrected chi connectivity index (χ1v) is 6.65. The van der Waals surface area contributed by atoms with E-state index in [2.05, 4.69) is 16.8 Å². The average molecular weight is 284 g/mol. The van der Waals surface area contributed by atoms with Crippen molar-refractivity contribution in [2.24, 2.45) is 0 Å². The monoisotopic (exact) mass is 284 g/mol. The van der Waals surface area contributed by atoms with Crippen LogP contribution in [0, 0.1) is 5.21 Å². The van der Waals surface area contributed by atoms with E-state index >= 15 is 0 Å². The Labute approximate surface area is 115 Å². The van der Waals surface area contributed by atoms with E-state index in [1.807, 2.05) is 4.90 Å². The van der Waals surface area contributed by atoms with Crippen molar-refractivity contribution in [1.29, 1.82) is 0 Å². The van der Waals surface area contributed by atoms with E-state index < -0.39 is 16.8 Å². The quantitative estimate of drug-likeness (QED) is 0.353. The molecule has 1 aliphatic heterocycles. The molecular formula is C11H16N4O3S. The summed E-state index contributed by atoms with van der Waals surface area (Å²) < 4.78 is 4.33. The minimum absolute atomic E-state index is 0.195. The van der Waals surface area contributed by atoms with Crippen LogP contribution in [0.2, 0.25) is 0 Å². The van der Waals surface area contributed by atoms with Gasteiger partial charge in [-0.05, 0) is 18.4 Å². The SMILES string of the molecule is C=CCc1nnc([N+]2([O-])CN(C)CC2OC(C)=O)s1. The third-order valence-electron chi connectivity index (χ3n) is 2.79. The number of allylic oxidation sites excluding steroid dienone is 1. The zero-order chi connectivity index (χ0) is 14.0. The Bertz CT molecular complexity index is 492. The highest BCUT2D eigenvalue weighted by Crippen LogP contribution is 2.33. The van der Waals surface area contributed by atoms with Crippen LogP contribution in [0.15, 0.2) is 12.7 Å². The van der Waals surface area contributed by atoms with Crippen LogP contribution in [0.4, 0.5) is 5.13 Å². The number of hydroxylamine groups is 2. The van der Waals surface area contributed by atoms with E-state index in [1.54, 1.807) is 13.1 Å². The van der Waals surface area contributed by atoms with Crippen molar-refractivity contribution in [3.63, 3.8) is 0 Å². The summed E-state index contributed by atoms with van der Waals surface area (Å²) in [6.45, 7) is 5.51. The van der Waals surface area contributed by atoms with Crippen molar-refractivity contribution in [1.82, 2.24) is 19.7 Å². The first-order chi connectivity index (χ1) is 8.95. The smallest absolute Gasteiger partial charge is 0.310 e. The van der Waals surface area contributed by atoms with Crippen LogP contribution in [-0.2, 0) is 16.0 Å². The number of esters is 1. The normalized spacial score (nSPS) is 27.4. The van der Waals surface area contributed by atoms with Crippen molar-refractivity contribution in [2.45, 2.75) is 19.6 Å². The number of aromatic nitrogens is 2. The van der Waals surface area contributed by atoms with Gasteiger partial charge in [-0.2, -0.15) is 0 Å². The van der Waals surface area contributed by atoms with Crippen LogP contribution in [-0.4, -0.2) is 47.6 Å². The number of hydrogen-bond acceptors (Lipinski definition) is 7. The molecule has 7 nitrogen and oxygen atoms in total. The second-order valence-electron chi connectivity index (χ2n) is 4.51. The van der Waals surface area contributed by atoms with Gasteiger partial charge in [-0.1, -0.05) is 11.2 Å². The third kappa shape index (κ3) is 2.81. The van der Waals surface area contributed by atoms with E-state index in [0.29, 0.717) is 18.1 Å². The highest BCUT2D eigenvalue weighted by atomic mass is 32.1. The Hall–Kier alpha value is -1.35. The highest BCUT2D eigenvalue weighted by Gasteiger charge is 2.44. The van der Waals surface area contributed by atoms with E-state index in [9.17, 15) is 10.0 Å². The van der Waals surface area contributed by atoms with Crippen LogP contribution >= 0.6 is 11.3 Å². The van der Waals surface area contributed by atoms with Crippen LogP contribution in [0.5, 0.6) is 0 Å². The predicted molar refractivity (Wildman–Crippen MR) is 72.0 cm³/mol. The van der Waals surface area contributed by atoms with E-state index in [-0.39, 0.29) is 6.67 Å². The van der Waals surface area contributed by atoms with Gasteiger partial charge in [-0.25, -0.2) is 4.90 Å². The standard InChI is InChI=1S/C11H16N4O3S/c1-4-5-9-12-13-11(19-9)15(17)7-14(3)6-10(15)18-8(2)16/h4,10H,1,5-7H2,2-3H3. The lowest BCUT2D eigenvalue weighted by Crippen LogP contribution is -2.50. The summed E-state index contributed by atoms with van der Waals surface area (Å²) in [5.41, 5.74) is 0. The van der Waals surface area contributed by atoms with E-state index in [4.69, 9.17) is 4.74 Å². The van der Waals surface area contributed by atoms with Gasteiger partial charge in [0, 0.05) is 13.3 Å². The van der Waals surface area contributed by atoms with E-state index in [0.717, 1.165) is 5.01 Å². The van der Waals surface area contributed by atoms with Crippen molar-refractivity contribution in [3.05, 3.63) is 22.9 Å². The first kappa shape index (κ1) is 14.1. The maximum atomic E-state index is 12.9. The van der Waals surface area contributed by atoms with Gasteiger partial charge < -0.3 is 9.94 Å². The highest BCUT2D eigenvalue weighted by molar-refractivity contribution is 7.15. The molecule has 1 aliphatic rings. The molecule has 104 valence electrons. The zero-order valence-electron chi connectivity index (χ0n) is 10.9. The lowest BCUT2D eigenvalue weighted by atomic mass is 10.5. The van der Waals surface area contributed by atoms with Gasteiger partial charge in [0.1, 0.15) is 11.7 Å². The summed E-state index contributed by atoms with van der Waals surface area (Å²) in [4.78, 5) is 12.9. The lowest BCUT2D eigenvalue weighted by Gasteiger charge is -2.37. The number of quaternary nitrogens is 1. The second-order valence-corrected chi connectivity index (χ2v) is 5.55. The van der Waals surface area contributed by atoms with Gasteiger partial charge in [0.2, 0.25) is 0 Å². The molecule has 2 heterocycles. The number of rotatable bonds is 4. The molecular weight excluding hydrogens is 268 g/mol. The summed E-state index contributed by atoms with van der Waals surface area (Å²) in [5.74, 6) is -0.463. The Balaban J connectivity index is 2.26. The molecule has 0 radical (unpaired) electrons. The average Bonchev–Trinajstić information content (AvgIpc) is 2.86. The molecule has 2 rings (SSSR count). The topological polar surface area (TPSA) is 78.4 Å². The fourth-order valence-electron chi connectivity index (χ4n) is 2.01. The molecule has 0 spiro atoms. The molecule has 2 atom stereocenters. The third-order valence-corrected chi connectivity index (χ3v) is 3.84. The number of ether oxygens (including phenoxy) is 1. The van der Waals surface area contributed by atoms with Crippen LogP contribution in [0.25, 0.3) is 0 Å². The Morgan fingerprint density at radius 2 is 2.47 bits per heavy atom. The second kappa shape index (κ2) is 5.33. The molecule has 2 unspecified atom stereocenters. The summed E-state index contributed by atoms with van der Waals surface area (Å²) in [7, 11) is 1.81. The molecule has 0 aromatic carbocycles. The Kier molecular flexibility index (Phi) is 3.95. The minimum Gasteiger partial charge on any atom is -0.622 e. The largest absolute Gasteiger partial charge is 0.622 e. The molecule has 0 amide bonds. The maximum Gasteiger partial charge on any atom is 0.310 e. The molecule has 19 heavy (non-hydrogen) atoms. The van der Waals surface area contributed by atoms with Gasteiger partial charge in [-0.3, -0.25) is 9.44 Å². The number of carbonyl (C=O) groups excluding carboxylic acids is 1. The molecule has 0 saturated carbocycles. The van der Waals surface area contributed by atoms with Gasteiger partial charge in [0.05, 0.1) is 6.54 Å². The first-order valence-electron chi connectivity index (χ1n) is 5.84. The van der Waals surface area contributed by atoms with Crippen molar-refractivity contribution < 1.29 is 9.53 Å². The van der Waals surface area contributed by atoms with Gasteiger partial charge in [0.25, 0.3) is 6.23 Å². The zero-order valence-corrected chi connectivity index (χ0v) is 11.7. The molecule has 0 N–H and O–H groups in total. The van der Waals surface area contributed by atoms with Gasteiger partial charge in [-0.15, -0.1) is 11.7 Å². The fourth-order valence-corrected chi connectivity index (χ4v) is 2.91. The molecule has 1 aromatic heterocycles. The summed E-state index contributed by atoms with van der Waals surface area (Å²) in [6, 6.07) is 0. The van der Waals surface area contributed by atoms with Gasteiger partial charge >= 0.3 is 11.1 Å². The molecule has 1 saturated heterocycles. The van der Waals surface area contributed by atoms with Crippen LogP contribution in [0.3, 0.4) is 0 Å². The van der Waals surface area contributed by atoms with Crippen molar-refractivity contribution in [3.8, 4) is 0 Å². The van der Waals surface area contributed by atoms with Crippen LogP contribution < -0.4 is 4.65 Å². The lowest BCUT2D eigenvalue weighted by molar-refractivity contribution is -0.150. The summed E-state index contributed by atoms with van der Waals surface area (Å²) in [5, 5.41) is 21.8. The Morgan fingerprint density at radius 1 is 1.74 bits per heavy atom. The number of nitrogens with zero attached hydrogens (tertiary/aromatic N) is 4. The van der Waals surface area contributed by atoms with Gasteiger partial charge in [0.15, 0.2) is 0 Å². The van der Waals surface area contributed by atoms with Crippen LogP contribution in [0.1, 0.15) is 11.9 Å². The molecule has 1 aromatic rings. The van der Waals surface area contributed by atoms with Crippen molar-refractivity contribution >= 4 is 22.4 Å². The summed E-state index contributed by atoms with van der Waals surface area (Å²) in [6.07, 6.45) is 1.50. The van der Waals surface area contributed by atoms with Crippen molar-refractivity contribution in [2.75, 3.05) is 20.3 Å². The van der Waals surface area contributed by atoms with E-state index in [1.165, 1.54) is 18.3 Å². The Morgan fingerprint density at radius 3 is 3.11 bits per heavy atom. The molecule has 0 bridgehead atoms. The minimum atomic E-state index is -0.787. The predicted octanol–water partition coefficient (Wildman–Crippen LogP) is 0.864.